The summed E-state index contributed by atoms with van der Waals surface area (Å²) in [5.74, 6) is 0.599. The van der Waals surface area contributed by atoms with Crippen LogP contribution in [0.25, 0.3) is 10.9 Å². The molecule has 0 radical (unpaired) electrons. The quantitative estimate of drug-likeness (QED) is 0.561. The minimum atomic E-state index is -0.278. The zero-order valence-electron chi connectivity index (χ0n) is 16.6. The lowest BCUT2D eigenvalue weighted by Crippen LogP contribution is -2.24. The van der Waals surface area contributed by atoms with Gasteiger partial charge in [-0.1, -0.05) is 42.8 Å². The summed E-state index contributed by atoms with van der Waals surface area (Å²) in [6.07, 6.45) is 1.58. The van der Waals surface area contributed by atoms with Crippen LogP contribution in [0.5, 0.6) is 5.75 Å². The van der Waals surface area contributed by atoms with Crippen molar-refractivity contribution < 1.29 is 9.53 Å². The average molecular weight is 408 g/mol. The molecule has 0 bridgehead atoms. The molecule has 4 rings (SSSR count). The molecule has 6 heteroatoms. The topological polar surface area (TPSA) is 54.8 Å². The Labute approximate surface area is 175 Å². The molecule has 1 amide bonds. The van der Waals surface area contributed by atoms with Crippen LogP contribution in [0.15, 0.2) is 53.6 Å². The van der Waals surface area contributed by atoms with Crippen molar-refractivity contribution in [2.45, 2.75) is 32.7 Å². The number of benzene rings is 2. The van der Waals surface area contributed by atoms with E-state index in [9.17, 15) is 4.79 Å². The number of ether oxygens (including phenoxy) is 1. The van der Waals surface area contributed by atoms with E-state index in [4.69, 9.17) is 16.3 Å². The molecule has 0 N–H and O–H groups in total. The van der Waals surface area contributed by atoms with E-state index in [0.29, 0.717) is 11.6 Å². The van der Waals surface area contributed by atoms with Crippen LogP contribution in [0, 0.1) is 0 Å². The van der Waals surface area contributed by atoms with Gasteiger partial charge in [0, 0.05) is 30.4 Å². The van der Waals surface area contributed by atoms with Crippen molar-refractivity contribution in [1.29, 1.82) is 0 Å². The molecule has 1 aromatic heterocycles. The van der Waals surface area contributed by atoms with E-state index in [1.165, 1.54) is 17.5 Å². The highest BCUT2D eigenvalue weighted by Crippen LogP contribution is 2.37. The Morgan fingerprint density at radius 1 is 1.21 bits per heavy atom. The van der Waals surface area contributed by atoms with Crippen LogP contribution < -0.4 is 4.74 Å². The lowest BCUT2D eigenvalue weighted by atomic mass is 9.97. The number of hydrazone groups is 1. The summed E-state index contributed by atoms with van der Waals surface area (Å²) < 4.78 is 5.27. The molecule has 5 nitrogen and oxygen atoms in total. The molecule has 2 heterocycles. The van der Waals surface area contributed by atoms with E-state index < -0.39 is 0 Å². The standard InChI is InChI=1S/C23H22ClN3O2/c1-4-15-5-7-16(8-6-15)21-13-22(27(26-21)14(2)28)19-11-17-9-10-18(29-3)12-20(17)25-23(19)24/h5-12,22H,4,13H2,1-3H3. The number of halogens is 1. The number of fused-ring (bicyclic) bond motifs is 1. The first-order valence-corrected chi connectivity index (χ1v) is 9.98. The molecule has 29 heavy (non-hydrogen) atoms. The molecule has 0 spiro atoms. The van der Waals surface area contributed by atoms with Crippen molar-refractivity contribution in [2.75, 3.05) is 7.11 Å². The SMILES string of the molecule is CCc1ccc(C2=NN(C(C)=O)C(c3cc4ccc(OC)cc4nc3Cl)C2)cc1. The molecule has 0 saturated carbocycles. The summed E-state index contributed by atoms with van der Waals surface area (Å²) in [5, 5.41) is 7.44. The lowest BCUT2D eigenvalue weighted by Gasteiger charge is -2.21. The summed E-state index contributed by atoms with van der Waals surface area (Å²) in [6, 6.07) is 15.7. The van der Waals surface area contributed by atoms with Gasteiger partial charge in [0.1, 0.15) is 10.9 Å². The van der Waals surface area contributed by atoms with Crippen molar-refractivity contribution >= 4 is 34.1 Å². The monoisotopic (exact) mass is 407 g/mol. The van der Waals surface area contributed by atoms with Crippen LogP contribution in [-0.2, 0) is 11.2 Å². The molecule has 0 fully saturated rings. The fourth-order valence-electron chi connectivity index (χ4n) is 3.65. The Kier molecular flexibility index (Phi) is 5.24. The second-order valence-corrected chi connectivity index (χ2v) is 7.47. The number of hydrogen-bond donors (Lipinski definition) is 0. The van der Waals surface area contributed by atoms with E-state index in [2.05, 4.69) is 41.3 Å². The molecule has 3 aromatic rings. The highest BCUT2D eigenvalue weighted by Gasteiger charge is 2.33. The third-order valence-corrected chi connectivity index (χ3v) is 5.60. The van der Waals surface area contributed by atoms with E-state index >= 15 is 0 Å². The van der Waals surface area contributed by atoms with E-state index in [1.54, 1.807) is 7.11 Å². The molecule has 2 aromatic carbocycles. The molecular weight excluding hydrogens is 386 g/mol. The largest absolute Gasteiger partial charge is 0.497 e. The van der Waals surface area contributed by atoms with Gasteiger partial charge in [-0.25, -0.2) is 9.99 Å². The number of pyridine rings is 1. The predicted molar refractivity (Wildman–Crippen MR) is 116 cm³/mol. The molecule has 0 aliphatic carbocycles. The predicted octanol–water partition coefficient (Wildman–Crippen LogP) is 5.16. The van der Waals surface area contributed by atoms with Crippen molar-refractivity contribution in [3.63, 3.8) is 0 Å². The number of aromatic nitrogens is 1. The molecule has 1 atom stereocenters. The second kappa shape index (κ2) is 7.84. The Morgan fingerprint density at radius 3 is 2.62 bits per heavy atom. The van der Waals surface area contributed by atoms with Gasteiger partial charge < -0.3 is 4.74 Å². The van der Waals surface area contributed by atoms with Gasteiger partial charge in [-0.05, 0) is 35.7 Å². The number of hydrogen-bond acceptors (Lipinski definition) is 4. The third-order valence-electron chi connectivity index (χ3n) is 5.29. The van der Waals surface area contributed by atoms with E-state index in [1.807, 2.05) is 24.3 Å². The number of amides is 1. The van der Waals surface area contributed by atoms with Gasteiger partial charge in [-0.2, -0.15) is 5.10 Å². The Balaban J connectivity index is 1.72. The smallest absolute Gasteiger partial charge is 0.240 e. The van der Waals surface area contributed by atoms with Crippen LogP contribution in [0.1, 0.15) is 43.0 Å². The highest BCUT2D eigenvalue weighted by molar-refractivity contribution is 6.30. The molecule has 1 unspecified atom stereocenters. The second-order valence-electron chi connectivity index (χ2n) is 7.11. The van der Waals surface area contributed by atoms with Crippen LogP contribution in [0.3, 0.4) is 0 Å². The molecule has 148 valence electrons. The summed E-state index contributed by atoms with van der Waals surface area (Å²) in [5.41, 5.74) is 4.71. The van der Waals surface area contributed by atoms with Crippen molar-refractivity contribution in [3.05, 3.63) is 70.4 Å². The van der Waals surface area contributed by atoms with Gasteiger partial charge in [0.2, 0.25) is 5.91 Å². The van der Waals surface area contributed by atoms with E-state index in [-0.39, 0.29) is 11.9 Å². The van der Waals surface area contributed by atoms with Gasteiger partial charge in [-0.15, -0.1) is 0 Å². The number of nitrogens with zero attached hydrogens (tertiary/aromatic N) is 3. The third kappa shape index (κ3) is 3.70. The molecule has 1 aliphatic rings. The lowest BCUT2D eigenvalue weighted by molar-refractivity contribution is -0.130. The first-order chi connectivity index (χ1) is 14.0. The first kappa shape index (κ1) is 19.4. The van der Waals surface area contributed by atoms with Gasteiger partial charge in [0.05, 0.1) is 24.4 Å². The minimum absolute atomic E-state index is 0.124. The number of carbonyl (C=O) groups is 1. The normalized spacial score (nSPS) is 16.2. The van der Waals surface area contributed by atoms with Crippen LogP contribution >= 0.6 is 11.6 Å². The maximum absolute atomic E-state index is 12.3. The maximum Gasteiger partial charge on any atom is 0.240 e. The van der Waals surface area contributed by atoms with Crippen LogP contribution in [0.2, 0.25) is 5.15 Å². The summed E-state index contributed by atoms with van der Waals surface area (Å²) in [4.78, 5) is 16.8. The fraction of sp³-hybridized carbons (Fsp3) is 0.261. The average Bonchev–Trinajstić information content (AvgIpc) is 3.18. The first-order valence-electron chi connectivity index (χ1n) is 9.61. The molecule has 0 saturated heterocycles. The van der Waals surface area contributed by atoms with Gasteiger partial charge in [0.15, 0.2) is 0 Å². The molecule has 1 aliphatic heterocycles. The number of aryl methyl sites for hydroxylation is 1. The Morgan fingerprint density at radius 2 is 1.97 bits per heavy atom. The van der Waals surface area contributed by atoms with Crippen molar-refractivity contribution in [3.8, 4) is 5.75 Å². The van der Waals surface area contributed by atoms with Crippen molar-refractivity contribution in [2.24, 2.45) is 5.10 Å². The number of rotatable bonds is 4. The summed E-state index contributed by atoms with van der Waals surface area (Å²) in [6.45, 7) is 3.65. The zero-order valence-corrected chi connectivity index (χ0v) is 17.4. The summed E-state index contributed by atoms with van der Waals surface area (Å²) >= 11 is 6.54. The van der Waals surface area contributed by atoms with Gasteiger partial charge in [0.25, 0.3) is 0 Å². The summed E-state index contributed by atoms with van der Waals surface area (Å²) in [7, 11) is 1.62. The van der Waals surface area contributed by atoms with Crippen LogP contribution in [0.4, 0.5) is 0 Å². The van der Waals surface area contributed by atoms with Gasteiger partial charge >= 0.3 is 0 Å². The number of carbonyl (C=O) groups excluding carboxylic acids is 1. The fourth-order valence-corrected chi connectivity index (χ4v) is 3.92. The molecular formula is C23H22ClN3O2. The maximum atomic E-state index is 12.3. The Bertz CT molecular complexity index is 1110. The van der Waals surface area contributed by atoms with Crippen LogP contribution in [-0.4, -0.2) is 28.7 Å². The highest BCUT2D eigenvalue weighted by atomic mass is 35.5. The zero-order chi connectivity index (χ0) is 20.5. The Hall–Kier alpha value is -2.92. The van der Waals surface area contributed by atoms with E-state index in [0.717, 1.165) is 39.9 Å². The van der Waals surface area contributed by atoms with Crippen molar-refractivity contribution in [1.82, 2.24) is 9.99 Å². The minimum Gasteiger partial charge on any atom is -0.497 e. The number of methoxy groups -OCH3 is 1. The van der Waals surface area contributed by atoms with Gasteiger partial charge in [-0.3, -0.25) is 4.79 Å².